The molecule has 1 saturated carbocycles. The molecule has 0 spiro atoms. The molecule has 4 nitrogen and oxygen atoms in total. The molecule has 1 N–H and O–H groups in total. The first kappa shape index (κ1) is 10.9. The highest BCUT2D eigenvalue weighted by atomic mass is 19.1. The number of nitrogens with zero attached hydrogens (tertiary/aromatic N) is 3. The number of fused-ring (bicyclic) bond motifs is 1. The van der Waals surface area contributed by atoms with Gasteiger partial charge < -0.3 is 10.1 Å². The predicted molar refractivity (Wildman–Crippen MR) is 59.3 cm³/mol. The van der Waals surface area contributed by atoms with Crippen LogP contribution in [0.3, 0.4) is 0 Å². The Labute approximate surface area is 93.4 Å². The fourth-order valence-electron chi connectivity index (χ4n) is 2.15. The Hall–Kier alpha value is -1.65. The van der Waals surface area contributed by atoms with Gasteiger partial charge in [-0.25, -0.2) is 9.37 Å². The van der Waals surface area contributed by atoms with E-state index in [2.05, 4.69) is 21.8 Å². The van der Waals surface area contributed by atoms with Crippen molar-refractivity contribution in [1.29, 1.82) is 0 Å². The molecule has 2 atom stereocenters. The van der Waals surface area contributed by atoms with Crippen LogP contribution < -0.4 is 4.90 Å². The monoisotopic (exact) mass is 223 g/mol. The first-order valence-electron chi connectivity index (χ1n) is 5.21. The van der Waals surface area contributed by atoms with E-state index in [9.17, 15) is 4.39 Å². The average Bonchev–Trinajstić information content (AvgIpc) is 2.87. The van der Waals surface area contributed by atoms with Crippen molar-refractivity contribution in [3.05, 3.63) is 24.1 Å². The molecule has 2 fully saturated rings. The Balaban J connectivity index is 0.000000292. The van der Waals surface area contributed by atoms with Gasteiger partial charge in [-0.15, -0.1) is 5.16 Å². The highest BCUT2D eigenvalue weighted by Crippen LogP contribution is 2.45. The van der Waals surface area contributed by atoms with Gasteiger partial charge in [-0.05, 0) is 24.3 Å². The molecular formula is C11H14FN3O. The van der Waals surface area contributed by atoms with Crippen LogP contribution >= 0.6 is 0 Å². The summed E-state index contributed by atoms with van der Waals surface area (Å²) >= 11 is 0. The fraction of sp³-hybridized carbons (Fsp3) is 0.455. The van der Waals surface area contributed by atoms with Crippen LogP contribution in [-0.2, 0) is 0 Å². The minimum absolute atomic E-state index is 0.189. The van der Waals surface area contributed by atoms with Crippen molar-refractivity contribution in [2.75, 3.05) is 18.0 Å². The van der Waals surface area contributed by atoms with Crippen molar-refractivity contribution in [3.8, 4) is 0 Å². The van der Waals surface area contributed by atoms with E-state index >= 15 is 0 Å². The molecule has 0 bridgehead atoms. The van der Waals surface area contributed by atoms with Crippen LogP contribution in [0.4, 0.5) is 10.2 Å². The highest BCUT2D eigenvalue weighted by Gasteiger charge is 2.45. The van der Waals surface area contributed by atoms with E-state index in [1.807, 2.05) is 0 Å². The smallest absolute Gasteiger partial charge is 0.131 e. The lowest BCUT2D eigenvalue weighted by atomic mass is 10.4. The second-order valence-corrected chi connectivity index (χ2v) is 4.13. The minimum Gasteiger partial charge on any atom is -0.411 e. The average molecular weight is 223 g/mol. The molecule has 1 saturated heterocycles. The van der Waals surface area contributed by atoms with Crippen LogP contribution in [0.15, 0.2) is 23.5 Å². The number of oxime groups is 1. The van der Waals surface area contributed by atoms with Gasteiger partial charge >= 0.3 is 0 Å². The third-order valence-corrected chi connectivity index (χ3v) is 3.01. The van der Waals surface area contributed by atoms with Gasteiger partial charge in [0.1, 0.15) is 11.6 Å². The van der Waals surface area contributed by atoms with Crippen molar-refractivity contribution < 1.29 is 9.60 Å². The Morgan fingerprint density at radius 1 is 1.50 bits per heavy atom. The van der Waals surface area contributed by atoms with Gasteiger partial charge in [-0.3, -0.25) is 0 Å². The van der Waals surface area contributed by atoms with Crippen molar-refractivity contribution in [3.63, 3.8) is 0 Å². The standard InChI is InChI=1S/C10H11FN2.CH3NO/c11-9-1-2-12-10(4-9)13-5-7-3-8(7)6-13;1-2-3/h1-2,4,7-8H,3,5-6H2;3H,1H2. The van der Waals surface area contributed by atoms with Crippen molar-refractivity contribution in [1.82, 2.24) is 4.98 Å². The van der Waals surface area contributed by atoms with Gasteiger partial charge in [0.05, 0.1) is 0 Å². The lowest BCUT2D eigenvalue weighted by Gasteiger charge is -2.18. The number of anilines is 1. The van der Waals surface area contributed by atoms with Crippen molar-refractivity contribution in [2.45, 2.75) is 6.42 Å². The SMILES string of the molecule is C=NO.Fc1ccnc(N2CC3CC3C2)c1. The van der Waals surface area contributed by atoms with Gasteiger partial charge in [0.2, 0.25) is 0 Å². The molecule has 0 amide bonds. The van der Waals surface area contributed by atoms with Crippen LogP contribution in [0.25, 0.3) is 0 Å². The Bertz CT molecular complexity index is 375. The summed E-state index contributed by atoms with van der Waals surface area (Å²) in [6, 6.07) is 2.91. The van der Waals surface area contributed by atoms with E-state index in [4.69, 9.17) is 5.21 Å². The Morgan fingerprint density at radius 3 is 2.69 bits per heavy atom. The molecule has 1 aliphatic carbocycles. The zero-order chi connectivity index (χ0) is 11.5. The van der Waals surface area contributed by atoms with Crippen LogP contribution in [0, 0.1) is 17.7 Å². The van der Waals surface area contributed by atoms with Gasteiger partial charge in [-0.1, -0.05) is 0 Å². The van der Waals surface area contributed by atoms with Gasteiger partial charge in [-0.2, -0.15) is 0 Å². The normalized spacial score (nSPS) is 25.4. The van der Waals surface area contributed by atoms with Gasteiger partial charge in [0.25, 0.3) is 0 Å². The molecular weight excluding hydrogens is 209 g/mol. The van der Waals surface area contributed by atoms with E-state index in [1.165, 1.54) is 24.8 Å². The maximum atomic E-state index is 12.9. The molecule has 0 radical (unpaired) electrons. The zero-order valence-corrected chi connectivity index (χ0v) is 8.88. The highest BCUT2D eigenvalue weighted by molar-refractivity contribution is 5.41. The number of rotatable bonds is 1. The minimum atomic E-state index is -0.189. The summed E-state index contributed by atoms with van der Waals surface area (Å²) in [5, 5.41) is 9.33. The molecule has 1 aliphatic heterocycles. The van der Waals surface area contributed by atoms with E-state index in [0.29, 0.717) is 0 Å². The van der Waals surface area contributed by atoms with Crippen LogP contribution in [-0.4, -0.2) is 30.0 Å². The number of hydrogen-bond donors (Lipinski definition) is 1. The maximum absolute atomic E-state index is 12.9. The molecule has 1 aromatic rings. The number of hydrogen-bond acceptors (Lipinski definition) is 4. The van der Waals surface area contributed by atoms with E-state index < -0.39 is 0 Å². The first-order chi connectivity index (χ1) is 7.74. The number of halogens is 1. The lowest BCUT2D eigenvalue weighted by molar-refractivity contribution is 0.323. The largest absolute Gasteiger partial charge is 0.411 e. The molecule has 2 heterocycles. The second-order valence-electron chi connectivity index (χ2n) is 4.13. The molecule has 2 aliphatic rings. The number of piperidine rings is 1. The second kappa shape index (κ2) is 4.47. The third-order valence-electron chi connectivity index (χ3n) is 3.01. The summed E-state index contributed by atoms with van der Waals surface area (Å²) in [6.07, 6.45) is 2.90. The van der Waals surface area contributed by atoms with E-state index in [1.54, 1.807) is 0 Å². The molecule has 2 unspecified atom stereocenters. The van der Waals surface area contributed by atoms with Crippen LogP contribution in [0.5, 0.6) is 0 Å². The predicted octanol–water partition coefficient (Wildman–Crippen LogP) is 1.75. The summed E-state index contributed by atoms with van der Waals surface area (Å²) in [7, 11) is 0. The van der Waals surface area contributed by atoms with E-state index in [-0.39, 0.29) is 5.82 Å². The molecule has 5 heteroatoms. The topological polar surface area (TPSA) is 48.7 Å². The molecule has 0 aromatic carbocycles. The summed E-state index contributed by atoms with van der Waals surface area (Å²) in [4.78, 5) is 6.34. The van der Waals surface area contributed by atoms with Crippen molar-refractivity contribution >= 4 is 12.5 Å². The summed E-state index contributed by atoms with van der Waals surface area (Å²) < 4.78 is 12.9. The fourth-order valence-corrected chi connectivity index (χ4v) is 2.15. The Kier molecular flexibility index (Phi) is 3.03. The van der Waals surface area contributed by atoms with Gasteiger partial charge in [0.15, 0.2) is 0 Å². The molecule has 86 valence electrons. The van der Waals surface area contributed by atoms with Crippen LogP contribution in [0.1, 0.15) is 6.42 Å². The lowest BCUT2D eigenvalue weighted by Crippen LogP contribution is -2.22. The number of pyridine rings is 1. The molecule has 3 rings (SSSR count). The zero-order valence-electron chi connectivity index (χ0n) is 8.88. The van der Waals surface area contributed by atoms with Crippen LogP contribution in [0.2, 0.25) is 0 Å². The quantitative estimate of drug-likeness (QED) is 0.448. The number of aromatic nitrogens is 1. The molecule has 16 heavy (non-hydrogen) atoms. The summed E-state index contributed by atoms with van der Waals surface area (Å²) in [5.74, 6) is 2.34. The third kappa shape index (κ3) is 2.29. The summed E-state index contributed by atoms with van der Waals surface area (Å²) in [6.45, 7) is 4.81. The molecule has 1 aromatic heterocycles. The van der Waals surface area contributed by atoms with Gasteiger partial charge in [0, 0.05) is 32.1 Å². The van der Waals surface area contributed by atoms with E-state index in [0.717, 1.165) is 30.7 Å². The first-order valence-corrected chi connectivity index (χ1v) is 5.21. The maximum Gasteiger partial charge on any atom is 0.131 e. The summed E-state index contributed by atoms with van der Waals surface area (Å²) in [5.41, 5.74) is 0. The van der Waals surface area contributed by atoms with Crippen molar-refractivity contribution in [2.24, 2.45) is 17.0 Å². The Morgan fingerprint density at radius 2 is 2.12 bits per heavy atom.